The van der Waals surface area contributed by atoms with Gasteiger partial charge in [0.15, 0.2) is 0 Å². The summed E-state index contributed by atoms with van der Waals surface area (Å²) in [7, 11) is 0. The van der Waals surface area contributed by atoms with E-state index in [4.69, 9.17) is 4.74 Å². The van der Waals surface area contributed by atoms with E-state index in [-0.39, 0.29) is 18.1 Å². The molecule has 1 heterocycles. The van der Waals surface area contributed by atoms with Gasteiger partial charge in [-0.15, -0.1) is 0 Å². The Labute approximate surface area is 158 Å². The minimum atomic E-state index is -0.640. The minimum Gasteiger partial charge on any atom is -0.490 e. The van der Waals surface area contributed by atoms with Gasteiger partial charge in [-0.2, -0.15) is 0 Å². The lowest BCUT2D eigenvalue weighted by Gasteiger charge is -2.27. The van der Waals surface area contributed by atoms with Gasteiger partial charge < -0.3 is 15.0 Å². The summed E-state index contributed by atoms with van der Waals surface area (Å²) in [5.41, 5.74) is 0.802. The van der Waals surface area contributed by atoms with Crippen LogP contribution < -0.4 is 15.0 Å². The number of benzene rings is 2. The van der Waals surface area contributed by atoms with Gasteiger partial charge in [-0.05, 0) is 50.6 Å². The standard InChI is InChI=1S/C21H23FN2O3/c1-4-10-24-17-9-8-16(12-18(17)27-13-21(2,3)20(24)26)23-19(25)14-6-5-7-15(22)11-14/h5-9,11-12H,4,10,13H2,1-3H3,(H,23,25). The van der Waals surface area contributed by atoms with E-state index in [2.05, 4.69) is 5.32 Å². The predicted molar refractivity (Wildman–Crippen MR) is 103 cm³/mol. The van der Waals surface area contributed by atoms with Crippen LogP contribution in [0.1, 0.15) is 37.6 Å². The summed E-state index contributed by atoms with van der Waals surface area (Å²) >= 11 is 0. The fraction of sp³-hybridized carbons (Fsp3) is 0.333. The SMILES string of the molecule is CCCN1C(=O)C(C)(C)COc2cc(NC(=O)c3cccc(F)c3)ccc21. The summed E-state index contributed by atoms with van der Waals surface area (Å²) in [6.45, 7) is 6.57. The van der Waals surface area contributed by atoms with Gasteiger partial charge >= 0.3 is 0 Å². The number of anilines is 2. The summed E-state index contributed by atoms with van der Waals surface area (Å²) in [5, 5.41) is 2.75. The van der Waals surface area contributed by atoms with Crippen LogP contribution in [0.4, 0.5) is 15.8 Å². The molecule has 1 N–H and O–H groups in total. The van der Waals surface area contributed by atoms with Gasteiger partial charge in [0.25, 0.3) is 5.91 Å². The molecule has 0 fully saturated rings. The van der Waals surface area contributed by atoms with Crippen LogP contribution in [-0.4, -0.2) is 25.0 Å². The second-order valence-corrected chi connectivity index (χ2v) is 7.28. The smallest absolute Gasteiger partial charge is 0.255 e. The Morgan fingerprint density at radius 3 is 2.74 bits per heavy atom. The first-order chi connectivity index (χ1) is 12.8. The van der Waals surface area contributed by atoms with Gasteiger partial charge in [0, 0.05) is 23.9 Å². The molecule has 1 aliphatic heterocycles. The predicted octanol–water partition coefficient (Wildman–Crippen LogP) is 4.24. The van der Waals surface area contributed by atoms with Crippen molar-refractivity contribution in [3.63, 3.8) is 0 Å². The van der Waals surface area contributed by atoms with E-state index in [1.165, 1.54) is 18.2 Å². The number of fused-ring (bicyclic) bond motifs is 1. The van der Waals surface area contributed by atoms with E-state index in [9.17, 15) is 14.0 Å². The molecular formula is C21H23FN2O3. The number of nitrogens with zero attached hydrogens (tertiary/aromatic N) is 1. The van der Waals surface area contributed by atoms with E-state index in [0.717, 1.165) is 6.42 Å². The molecular weight excluding hydrogens is 347 g/mol. The number of carbonyl (C=O) groups excluding carboxylic acids is 2. The monoisotopic (exact) mass is 370 g/mol. The highest BCUT2D eigenvalue weighted by Gasteiger charge is 2.37. The lowest BCUT2D eigenvalue weighted by molar-refractivity contribution is -0.127. The molecule has 0 aromatic heterocycles. The summed E-state index contributed by atoms with van der Waals surface area (Å²) in [5.74, 6) is -0.326. The highest BCUT2D eigenvalue weighted by Crippen LogP contribution is 2.38. The second-order valence-electron chi connectivity index (χ2n) is 7.28. The maximum Gasteiger partial charge on any atom is 0.255 e. The van der Waals surface area contributed by atoms with Gasteiger partial charge in [0.2, 0.25) is 5.91 Å². The van der Waals surface area contributed by atoms with Crippen molar-refractivity contribution in [3.05, 3.63) is 53.8 Å². The van der Waals surface area contributed by atoms with E-state index in [1.54, 1.807) is 29.2 Å². The molecule has 2 aromatic carbocycles. The van der Waals surface area contributed by atoms with Gasteiger partial charge in [0.1, 0.15) is 18.2 Å². The Balaban J connectivity index is 1.89. The Morgan fingerprint density at radius 1 is 1.26 bits per heavy atom. The van der Waals surface area contributed by atoms with Crippen molar-refractivity contribution in [2.75, 3.05) is 23.4 Å². The van der Waals surface area contributed by atoms with E-state index < -0.39 is 17.1 Å². The number of hydrogen-bond acceptors (Lipinski definition) is 3. The average molecular weight is 370 g/mol. The van der Waals surface area contributed by atoms with Crippen LogP contribution >= 0.6 is 0 Å². The zero-order valence-electron chi connectivity index (χ0n) is 15.7. The summed E-state index contributed by atoms with van der Waals surface area (Å²) in [6.07, 6.45) is 0.819. The van der Waals surface area contributed by atoms with Crippen molar-refractivity contribution in [2.45, 2.75) is 27.2 Å². The van der Waals surface area contributed by atoms with Crippen molar-refractivity contribution in [2.24, 2.45) is 5.41 Å². The average Bonchev–Trinajstić information content (AvgIpc) is 2.72. The number of carbonyl (C=O) groups is 2. The molecule has 0 saturated carbocycles. The number of halogens is 1. The highest BCUT2D eigenvalue weighted by molar-refractivity contribution is 6.05. The second kappa shape index (κ2) is 7.39. The quantitative estimate of drug-likeness (QED) is 0.876. The molecule has 1 aliphatic rings. The third-order valence-corrected chi connectivity index (χ3v) is 4.46. The van der Waals surface area contributed by atoms with Crippen LogP contribution in [0, 0.1) is 11.2 Å². The van der Waals surface area contributed by atoms with E-state index in [1.807, 2.05) is 20.8 Å². The first kappa shape index (κ1) is 18.9. The zero-order chi connectivity index (χ0) is 19.6. The first-order valence-electron chi connectivity index (χ1n) is 8.97. The van der Waals surface area contributed by atoms with Gasteiger partial charge in [0.05, 0.1) is 11.1 Å². The Hall–Kier alpha value is -2.89. The molecule has 27 heavy (non-hydrogen) atoms. The molecule has 0 aliphatic carbocycles. The van der Waals surface area contributed by atoms with Crippen molar-refractivity contribution >= 4 is 23.2 Å². The molecule has 6 heteroatoms. The number of rotatable bonds is 4. The van der Waals surface area contributed by atoms with Crippen molar-refractivity contribution < 1.29 is 18.7 Å². The molecule has 142 valence electrons. The maximum atomic E-state index is 13.3. The fourth-order valence-electron chi connectivity index (χ4n) is 3.00. The number of nitrogens with one attached hydrogen (secondary N) is 1. The Bertz CT molecular complexity index is 879. The Kier molecular flexibility index (Phi) is 5.17. The molecule has 2 amide bonds. The number of amides is 2. The summed E-state index contributed by atoms with van der Waals surface area (Å²) < 4.78 is 19.2. The molecule has 0 radical (unpaired) electrons. The van der Waals surface area contributed by atoms with Crippen LogP contribution in [0.15, 0.2) is 42.5 Å². The molecule has 5 nitrogen and oxygen atoms in total. The van der Waals surface area contributed by atoms with Crippen LogP contribution in [0.3, 0.4) is 0 Å². The largest absolute Gasteiger partial charge is 0.490 e. The summed E-state index contributed by atoms with van der Waals surface area (Å²) in [6, 6.07) is 10.7. The van der Waals surface area contributed by atoms with Gasteiger partial charge in [-0.25, -0.2) is 4.39 Å². The first-order valence-corrected chi connectivity index (χ1v) is 8.97. The normalized spacial score (nSPS) is 15.6. The van der Waals surface area contributed by atoms with Crippen molar-refractivity contribution in [1.29, 1.82) is 0 Å². The third-order valence-electron chi connectivity index (χ3n) is 4.46. The molecule has 0 unspecified atom stereocenters. The van der Waals surface area contributed by atoms with Crippen molar-refractivity contribution in [1.82, 2.24) is 0 Å². The maximum absolute atomic E-state index is 13.3. The zero-order valence-corrected chi connectivity index (χ0v) is 15.7. The van der Waals surface area contributed by atoms with Gasteiger partial charge in [-0.1, -0.05) is 13.0 Å². The molecule has 3 rings (SSSR count). The van der Waals surface area contributed by atoms with Gasteiger partial charge in [-0.3, -0.25) is 9.59 Å². The molecule has 0 atom stereocenters. The lowest BCUT2D eigenvalue weighted by Crippen LogP contribution is -2.42. The van der Waals surface area contributed by atoms with E-state index in [0.29, 0.717) is 23.7 Å². The molecule has 0 spiro atoms. The molecule has 0 saturated heterocycles. The van der Waals surface area contributed by atoms with Crippen LogP contribution in [0.2, 0.25) is 0 Å². The Morgan fingerprint density at radius 2 is 2.04 bits per heavy atom. The topological polar surface area (TPSA) is 58.6 Å². The number of hydrogen-bond donors (Lipinski definition) is 1. The van der Waals surface area contributed by atoms with E-state index >= 15 is 0 Å². The molecule has 0 bridgehead atoms. The lowest BCUT2D eigenvalue weighted by atomic mass is 9.93. The van der Waals surface area contributed by atoms with Crippen LogP contribution in [0.25, 0.3) is 0 Å². The highest BCUT2D eigenvalue weighted by atomic mass is 19.1. The third kappa shape index (κ3) is 3.94. The summed E-state index contributed by atoms with van der Waals surface area (Å²) in [4.78, 5) is 26.9. The fourth-order valence-corrected chi connectivity index (χ4v) is 3.00. The van der Waals surface area contributed by atoms with Crippen LogP contribution in [0.5, 0.6) is 5.75 Å². The van der Waals surface area contributed by atoms with Crippen molar-refractivity contribution in [3.8, 4) is 5.75 Å². The number of ether oxygens (including phenoxy) is 1. The van der Waals surface area contributed by atoms with Crippen LogP contribution in [-0.2, 0) is 4.79 Å². The molecule has 2 aromatic rings. The minimum absolute atomic E-state index is 0.0136.